The third-order valence-corrected chi connectivity index (χ3v) is 9.43. The average Bonchev–Trinajstić information content (AvgIpc) is 3.05. The molecule has 1 unspecified atom stereocenters. The molecule has 48 heavy (non-hydrogen) atoms. The second kappa shape index (κ2) is 19.6. The van der Waals surface area contributed by atoms with Crippen molar-refractivity contribution < 1.29 is 28.9 Å². The minimum Gasteiger partial charge on any atom is -0.507 e. The minimum atomic E-state index is -0.961. The number of aliphatic hydroxyl groups is 1. The number of likely N-dealkylation sites (N-methyl/N-ethyl adjacent to an activating group) is 1. The molecule has 0 amide bonds. The van der Waals surface area contributed by atoms with Crippen LogP contribution in [0.3, 0.4) is 0 Å². The maximum atomic E-state index is 13.6. The standard InChI is InChI=1S/C39H52ClNO7/c1-3-4-5-6-7-8-9-10-11-12-13-14-15-16-19-24-46-39(45)48-35-26-31(42)36(29-22-23-41(2)27-33(29)44)38-37(35)32(43)25-34(47-38)28-20-17-18-21-30(28)40/h7-8,17-18,20-21,25-26,29,33,42,44H,3-6,9-16,19,22-24,27H2,1-2H3/b8-7-/t29?,33-/m0/s1. The number of carbonyl (C=O) groups is 1. The summed E-state index contributed by atoms with van der Waals surface area (Å²) in [7, 11) is 1.91. The minimum absolute atomic E-state index is 0.00956. The molecule has 0 radical (unpaired) electrons. The van der Waals surface area contributed by atoms with Crippen LogP contribution in [0.25, 0.3) is 22.3 Å². The number of benzene rings is 2. The van der Waals surface area contributed by atoms with Gasteiger partial charge in [-0.05, 0) is 64.3 Å². The van der Waals surface area contributed by atoms with E-state index in [0.29, 0.717) is 42.1 Å². The SMILES string of the molecule is CCCCC/C=C\CCCCCCCCCCOC(=O)Oc1cc(O)c(C2CCN(C)C[C@@H]2O)c2oc(-c3ccccc3Cl)cc(=O)c12. The predicted molar refractivity (Wildman–Crippen MR) is 192 cm³/mol. The van der Waals surface area contributed by atoms with Crippen LogP contribution in [0.1, 0.15) is 108 Å². The number of hydrogen-bond acceptors (Lipinski definition) is 8. The van der Waals surface area contributed by atoms with E-state index in [1.165, 1.54) is 69.9 Å². The molecule has 2 N–H and O–H groups in total. The van der Waals surface area contributed by atoms with Gasteiger partial charge >= 0.3 is 6.16 Å². The number of phenolic OH excluding ortho intramolecular Hbond substituents is 1. The molecule has 2 aromatic carbocycles. The Balaban J connectivity index is 1.32. The molecule has 9 heteroatoms. The van der Waals surface area contributed by atoms with E-state index in [4.69, 9.17) is 25.5 Å². The van der Waals surface area contributed by atoms with Gasteiger partial charge in [-0.1, -0.05) is 94.2 Å². The lowest BCUT2D eigenvalue weighted by atomic mass is 9.85. The van der Waals surface area contributed by atoms with Crippen LogP contribution in [0.15, 0.2) is 57.8 Å². The summed E-state index contributed by atoms with van der Waals surface area (Å²) >= 11 is 6.42. The van der Waals surface area contributed by atoms with Crippen molar-refractivity contribution in [3.05, 3.63) is 69.4 Å². The van der Waals surface area contributed by atoms with Crippen molar-refractivity contribution in [2.45, 2.75) is 109 Å². The van der Waals surface area contributed by atoms with Crippen LogP contribution < -0.4 is 10.2 Å². The zero-order valence-corrected chi connectivity index (χ0v) is 29.3. The predicted octanol–water partition coefficient (Wildman–Crippen LogP) is 9.76. The van der Waals surface area contributed by atoms with E-state index in [1.807, 2.05) is 11.9 Å². The molecular weight excluding hydrogens is 630 g/mol. The van der Waals surface area contributed by atoms with Crippen molar-refractivity contribution in [3.8, 4) is 22.8 Å². The van der Waals surface area contributed by atoms with Gasteiger partial charge in [0.05, 0.1) is 17.7 Å². The summed E-state index contributed by atoms with van der Waals surface area (Å²) in [4.78, 5) is 28.3. The first-order valence-electron chi connectivity index (χ1n) is 17.7. The van der Waals surface area contributed by atoms with E-state index < -0.39 is 23.6 Å². The van der Waals surface area contributed by atoms with Gasteiger partial charge in [-0.25, -0.2) is 4.79 Å². The van der Waals surface area contributed by atoms with Gasteiger partial charge in [0.25, 0.3) is 0 Å². The molecule has 0 spiro atoms. The lowest BCUT2D eigenvalue weighted by molar-refractivity contribution is 0.0630. The molecule has 1 fully saturated rings. The third kappa shape index (κ3) is 10.8. The maximum absolute atomic E-state index is 13.6. The molecule has 4 rings (SSSR count). The monoisotopic (exact) mass is 681 g/mol. The van der Waals surface area contributed by atoms with Gasteiger partial charge in [-0.3, -0.25) is 4.79 Å². The summed E-state index contributed by atoms with van der Waals surface area (Å²) in [5.41, 5.74) is 0.371. The number of ether oxygens (including phenoxy) is 2. The van der Waals surface area contributed by atoms with Crippen molar-refractivity contribution in [1.82, 2.24) is 4.90 Å². The summed E-state index contributed by atoms with van der Waals surface area (Å²) in [6.45, 7) is 3.50. The molecule has 262 valence electrons. The molecule has 1 aliphatic heterocycles. The molecular formula is C39H52ClNO7. The maximum Gasteiger partial charge on any atom is 0.513 e. The smallest absolute Gasteiger partial charge is 0.507 e. The highest BCUT2D eigenvalue weighted by Gasteiger charge is 2.33. The Kier molecular flexibility index (Phi) is 15.3. The van der Waals surface area contributed by atoms with E-state index in [-0.39, 0.29) is 34.8 Å². The molecule has 1 aromatic heterocycles. The number of rotatable bonds is 18. The van der Waals surface area contributed by atoms with Crippen molar-refractivity contribution in [1.29, 1.82) is 0 Å². The normalized spacial score (nSPS) is 16.9. The summed E-state index contributed by atoms with van der Waals surface area (Å²) in [6.07, 6.45) is 18.5. The Bertz CT molecular complexity index is 1550. The number of allylic oxidation sites excluding steroid dienone is 2. The fraction of sp³-hybridized carbons (Fsp3) is 0.538. The topological polar surface area (TPSA) is 109 Å². The zero-order chi connectivity index (χ0) is 34.3. The van der Waals surface area contributed by atoms with Gasteiger partial charge in [0, 0.05) is 35.7 Å². The molecule has 2 heterocycles. The number of unbranched alkanes of at least 4 members (excludes halogenated alkanes) is 11. The quantitative estimate of drug-likeness (QED) is 0.0591. The molecule has 2 atom stereocenters. The van der Waals surface area contributed by atoms with Crippen molar-refractivity contribution in [2.24, 2.45) is 0 Å². The summed E-state index contributed by atoms with van der Waals surface area (Å²) < 4.78 is 17.1. The number of β-amino-alcohol motifs (C(OH)–C–C–N with tert-alkyl or cyclic N) is 1. The average molecular weight is 682 g/mol. The Morgan fingerprint density at radius 2 is 1.67 bits per heavy atom. The molecule has 0 aliphatic carbocycles. The third-order valence-electron chi connectivity index (χ3n) is 9.10. The highest BCUT2D eigenvalue weighted by atomic mass is 35.5. The number of halogens is 1. The van der Waals surface area contributed by atoms with E-state index in [9.17, 15) is 19.8 Å². The van der Waals surface area contributed by atoms with Gasteiger partial charge in [0.1, 0.15) is 22.5 Å². The lowest BCUT2D eigenvalue weighted by Crippen LogP contribution is -2.40. The Labute approximate surface area is 289 Å². The number of aromatic hydroxyl groups is 1. The Morgan fingerprint density at radius 3 is 2.35 bits per heavy atom. The van der Waals surface area contributed by atoms with E-state index in [0.717, 1.165) is 19.3 Å². The number of piperidine rings is 1. The number of carbonyl (C=O) groups excluding carboxylic acids is 1. The first-order chi connectivity index (χ1) is 23.3. The Morgan fingerprint density at radius 1 is 1.00 bits per heavy atom. The zero-order valence-electron chi connectivity index (χ0n) is 28.6. The number of fused-ring (bicyclic) bond motifs is 1. The van der Waals surface area contributed by atoms with Gasteiger partial charge in [-0.2, -0.15) is 0 Å². The number of aliphatic hydroxyl groups excluding tert-OH is 1. The number of likely N-dealkylation sites (tertiary alicyclic amines) is 1. The first-order valence-corrected chi connectivity index (χ1v) is 18.1. The first kappa shape index (κ1) is 37.5. The summed E-state index contributed by atoms with van der Waals surface area (Å²) in [6, 6.07) is 9.49. The van der Waals surface area contributed by atoms with E-state index >= 15 is 0 Å². The molecule has 3 aromatic rings. The van der Waals surface area contributed by atoms with Gasteiger partial charge in [-0.15, -0.1) is 0 Å². The van der Waals surface area contributed by atoms with Crippen molar-refractivity contribution in [3.63, 3.8) is 0 Å². The fourth-order valence-corrected chi connectivity index (χ4v) is 6.64. The van der Waals surface area contributed by atoms with Crippen LogP contribution >= 0.6 is 11.6 Å². The number of phenols is 1. The summed E-state index contributed by atoms with van der Waals surface area (Å²) in [5.74, 6) is -0.704. The lowest BCUT2D eigenvalue weighted by Gasteiger charge is -2.34. The van der Waals surface area contributed by atoms with Crippen LogP contribution in [-0.4, -0.2) is 54.1 Å². The van der Waals surface area contributed by atoms with Crippen LogP contribution in [0.2, 0.25) is 5.02 Å². The Hall–Kier alpha value is -3.33. The fourth-order valence-electron chi connectivity index (χ4n) is 6.41. The highest BCUT2D eigenvalue weighted by Crippen LogP contribution is 2.43. The molecule has 8 nitrogen and oxygen atoms in total. The van der Waals surface area contributed by atoms with Gasteiger partial charge < -0.3 is 29.0 Å². The van der Waals surface area contributed by atoms with Crippen LogP contribution in [-0.2, 0) is 4.74 Å². The van der Waals surface area contributed by atoms with Gasteiger partial charge in [0.15, 0.2) is 11.2 Å². The summed E-state index contributed by atoms with van der Waals surface area (Å²) in [5, 5.41) is 22.6. The number of nitrogens with zero attached hydrogens (tertiary/aromatic N) is 1. The largest absolute Gasteiger partial charge is 0.513 e. The van der Waals surface area contributed by atoms with Gasteiger partial charge in [0.2, 0.25) is 0 Å². The second-order valence-corrected chi connectivity index (χ2v) is 13.4. The molecule has 0 saturated carbocycles. The van der Waals surface area contributed by atoms with Crippen LogP contribution in [0.5, 0.6) is 11.5 Å². The molecule has 1 saturated heterocycles. The van der Waals surface area contributed by atoms with Crippen LogP contribution in [0, 0.1) is 0 Å². The molecule has 0 bridgehead atoms. The number of hydrogen-bond donors (Lipinski definition) is 2. The van der Waals surface area contributed by atoms with E-state index in [2.05, 4.69) is 19.1 Å². The van der Waals surface area contributed by atoms with Crippen molar-refractivity contribution in [2.75, 3.05) is 26.7 Å². The van der Waals surface area contributed by atoms with Crippen molar-refractivity contribution >= 4 is 28.7 Å². The van der Waals surface area contributed by atoms with E-state index in [1.54, 1.807) is 24.3 Å². The van der Waals surface area contributed by atoms with Crippen LogP contribution in [0.4, 0.5) is 4.79 Å². The molecule has 1 aliphatic rings. The highest BCUT2D eigenvalue weighted by molar-refractivity contribution is 6.33. The second-order valence-electron chi connectivity index (χ2n) is 13.0.